The van der Waals surface area contributed by atoms with Gasteiger partial charge in [0.25, 0.3) is 0 Å². The van der Waals surface area contributed by atoms with Gasteiger partial charge in [0.15, 0.2) is 0 Å². The first kappa shape index (κ1) is 15.8. The molecule has 2 rings (SSSR count). The van der Waals surface area contributed by atoms with E-state index in [1.165, 1.54) is 0 Å². The van der Waals surface area contributed by atoms with Crippen molar-refractivity contribution in [3.8, 4) is 0 Å². The van der Waals surface area contributed by atoms with Crippen LogP contribution in [0.25, 0.3) is 0 Å². The van der Waals surface area contributed by atoms with Gasteiger partial charge in [-0.3, -0.25) is 10.9 Å². The third kappa shape index (κ3) is 3.88. The van der Waals surface area contributed by atoms with Crippen LogP contribution in [0.2, 0.25) is 0 Å². The molecule has 0 aliphatic carbocycles. The SMILES string of the molecule is CCN1NC(=S)C(Nc2ccccc2)=C(S)N1.[Na]. The summed E-state index contributed by atoms with van der Waals surface area (Å²) in [6.07, 6.45) is 0. The van der Waals surface area contributed by atoms with E-state index in [-0.39, 0.29) is 29.6 Å². The summed E-state index contributed by atoms with van der Waals surface area (Å²) >= 11 is 9.68. The Balaban J connectivity index is 0.00000162. The first-order valence-electron chi connectivity index (χ1n) is 5.31. The molecule has 0 saturated carbocycles. The van der Waals surface area contributed by atoms with Gasteiger partial charge in [0.05, 0.1) is 0 Å². The largest absolute Gasteiger partial charge is 0.351 e. The van der Waals surface area contributed by atoms with Gasteiger partial charge < -0.3 is 5.32 Å². The maximum absolute atomic E-state index is 5.28. The van der Waals surface area contributed by atoms with Crippen LogP contribution in [0.1, 0.15) is 6.92 Å². The van der Waals surface area contributed by atoms with Crippen LogP contribution in [0.4, 0.5) is 5.69 Å². The van der Waals surface area contributed by atoms with Crippen LogP contribution in [0, 0.1) is 0 Å². The molecule has 91 valence electrons. The molecule has 7 heteroatoms. The maximum atomic E-state index is 5.28. The average molecular weight is 289 g/mol. The Labute approximate surface area is 140 Å². The molecule has 0 amide bonds. The summed E-state index contributed by atoms with van der Waals surface area (Å²) in [5, 5.41) is 5.72. The van der Waals surface area contributed by atoms with Crippen molar-refractivity contribution in [2.24, 2.45) is 0 Å². The van der Waals surface area contributed by atoms with Crippen molar-refractivity contribution in [3.05, 3.63) is 41.1 Å². The maximum Gasteiger partial charge on any atom is 0.141 e. The fourth-order valence-electron chi connectivity index (χ4n) is 1.44. The average Bonchev–Trinajstić information content (AvgIpc) is 2.35. The number of benzene rings is 1. The number of anilines is 1. The summed E-state index contributed by atoms with van der Waals surface area (Å²) < 4.78 is 0. The predicted molar refractivity (Wildman–Crippen MR) is 83.1 cm³/mol. The van der Waals surface area contributed by atoms with Gasteiger partial charge in [-0.2, -0.15) is 0 Å². The molecule has 1 aromatic rings. The molecule has 1 aliphatic heterocycles. The van der Waals surface area contributed by atoms with Gasteiger partial charge in [0.2, 0.25) is 0 Å². The first-order chi connectivity index (χ1) is 8.20. The van der Waals surface area contributed by atoms with Crippen LogP contribution < -0.4 is 16.2 Å². The van der Waals surface area contributed by atoms with Crippen LogP contribution in [0.15, 0.2) is 41.1 Å². The quantitative estimate of drug-likeness (QED) is 0.385. The number of thiol groups is 1. The third-order valence-electron chi connectivity index (χ3n) is 2.30. The van der Waals surface area contributed by atoms with Crippen molar-refractivity contribution >= 4 is 65.1 Å². The predicted octanol–water partition coefficient (Wildman–Crippen LogP) is 1.49. The molecular weight excluding hydrogens is 275 g/mol. The normalized spacial score (nSPS) is 15.6. The fourth-order valence-corrected chi connectivity index (χ4v) is 2.06. The summed E-state index contributed by atoms with van der Waals surface area (Å²) in [6, 6.07) is 9.85. The molecule has 18 heavy (non-hydrogen) atoms. The van der Waals surface area contributed by atoms with E-state index in [0.29, 0.717) is 10.0 Å². The third-order valence-corrected chi connectivity index (χ3v) is 2.92. The molecule has 0 unspecified atom stereocenters. The number of hydrazine groups is 2. The number of para-hydroxylation sites is 1. The second-order valence-electron chi connectivity index (χ2n) is 3.51. The molecule has 1 aliphatic rings. The van der Waals surface area contributed by atoms with E-state index in [4.69, 9.17) is 12.2 Å². The first-order valence-corrected chi connectivity index (χ1v) is 6.16. The topological polar surface area (TPSA) is 39.3 Å². The number of nitrogens with zero attached hydrogens (tertiary/aromatic N) is 1. The summed E-state index contributed by atoms with van der Waals surface area (Å²) in [5.74, 6) is 0. The van der Waals surface area contributed by atoms with Crippen LogP contribution in [0.5, 0.6) is 0 Å². The molecule has 0 aromatic heterocycles. The van der Waals surface area contributed by atoms with Crippen LogP contribution >= 0.6 is 24.8 Å². The smallest absolute Gasteiger partial charge is 0.141 e. The standard InChI is InChI=1S/C11H14N4S2.Na/c1-2-15-13-10(16)9(11(17)14-15)12-8-6-4-3-5-7-8;/h3-7,12-13,16H,2H2,1H3,(H,14,17);. The second kappa shape index (κ2) is 7.37. The van der Waals surface area contributed by atoms with E-state index in [1.807, 2.05) is 37.3 Å². The van der Waals surface area contributed by atoms with Crippen molar-refractivity contribution in [1.82, 2.24) is 16.0 Å². The zero-order chi connectivity index (χ0) is 12.3. The van der Waals surface area contributed by atoms with Gasteiger partial charge in [-0.05, 0) is 19.1 Å². The van der Waals surface area contributed by atoms with E-state index in [9.17, 15) is 0 Å². The zero-order valence-electron chi connectivity index (χ0n) is 10.4. The van der Waals surface area contributed by atoms with Gasteiger partial charge in [0, 0.05) is 41.8 Å². The molecule has 1 heterocycles. The van der Waals surface area contributed by atoms with Crippen molar-refractivity contribution < 1.29 is 0 Å². The summed E-state index contributed by atoms with van der Waals surface area (Å²) in [4.78, 5) is 0.624. The minimum Gasteiger partial charge on any atom is -0.351 e. The van der Waals surface area contributed by atoms with E-state index >= 15 is 0 Å². The minimum absolute atomic E-state index is 0. The van der Waals surface area contributed by atoms with Gasteiger partial charge >= 0.3 is 0 Å². The molecule has 0 spiro atoms. The molecular formula is C11H14N4NaS2. The summed E-state index contributed by atoms with van der Waals surface area (Å²) in [6.45, 7) is 2.79. The van der Waals surface area contributed by atoms with E-state index in [0.717, 1.165) is 17.9 Å². The Hall–Kier alpha value is -0.240. The van der Waals surface area contributed by atoms with Gasteiger partial charge in [-0.1, -0.05) is 30.4 Å². The Morgan fingerprint density at radius 1 is 1.28 bits per heavy atom. The fraction of sp³-hybridized carbons (Fsp3) is 0.182. The van der Waals surface area contributed by atoms with Crippen molar-refractivity contribution in [2.45, 2.75) is 6.92 Å². The van der Waals surface area contributed by atoms with E-state index < -0.39 is 0 Å². The van der Waals surface area contributed by atoms with Crippen molar-refractivity contribution in [1.29, 1.82) is 0 Å². The number of rotatable bonds is 3. The second-order valence-corrected chi connectivity index (χ2v) is 4.37. The Morgan fingerprint density at radius 2 is 1.94 bits per heavy atom. The van der Waals surface area contributed by atoms with E-state index in [1.54, 1.807) is 5.12 Å². The van der Waals surface area contributed by atoms with Gasteiger partial charge in [-0.15, -0.1) is 17.7 Å². The molecule has 1 aromatic carbocycles. The zero-order valence-corrected chi connectivity index (χ0v) is 14.1. The molecule has 0 fully saturated rings. The molecule has 0 bridgehead atoms. The summed E-state index contributed by atoms with van der Waals surface area (Å²) in [5.41, 5.74) is 7.89. The van der Waals surface area contributed by atoms with Gasteiger partial charge in [-0.25, -0.2) is 0 Å². The minimum atomic E-state index is 0. The number of hydrogen-bond donors (Lipinski definition) is 4. The van der Waals surface area contributed by atoms with Crippen LogP contribution in [-0.4, -0.2) is 46.2 Å². The summed E-state index contributed by atoms with van der Waals surface area (Å²) in [7, 11) is 0. The number of nitrogens with one attached hydrogen (secondary N) is 3. The molecule has 1 radical (unpaired) electrons. The Morgan fingerprint density at radius 3 is 2.50 bits per heavy atom. The van der Waals surface area contributed by atoms with Crippen molar-refractivity contribution in [2.75, 3.05) is 11.9 Å². The molecule has 0 atom stereocenters. The monoisotopic (exact) mass is 289 g/mol. The van der Waals surface area contributed by atoms with Crippen LogP contribution in [0.3, 0.4) is 0 Å². The Bertz CT molecular complexity index is 450. The molecule has 3 N–H and O–H groups in total. The van der Waals surface area contributed by atoms with Gasteiger partial charge in [0.1, 0.15) is 15.7 Å². The van der Waals surface area contributed by atoms with E-state index in [2.05, 4.69) is 28.8 Å². The number of thiocarbonyl (C=S) groups is 1. The molecule has 4 nitrogen and oxygen atoms in total. The van der Waals surface area contributed by atoms with Crippen LogP contribution in [-0.2, 0) is 0 Å². The Kier molecular flexibility index (Phi) is 6.48. The van der Waals surface area contributed by atoms with Crippen molar-refractivity contribution in [3.63, 3.8) is 0 Å². The number of hydrogen-bond acceptors (Lipinski definition) is 5. The molecule has 0 saturated heterocycles.